The summed E-state index contributed by atoms with van der Waals surface area (Å²) in [7, 11) is 0. The van der Waals surface area contributed by atoms with Crippen LogP contribution in [0.15, 0.2) is 35.4 Å². The lowest BCUT2D eigenvalue weighted by Crippen LogP contribution is -1.89. The third-order valence-electron chi connectivity index (χ3n) is 2.10. The molecule has 0 saturated carbocycles. The first kappa shape index (κ1) is 13.0. The number of hydrogen-bond acceptors (Lipinski definition) is 3. The summed E-state index contributed by atoms with van der Waals surface area (Å²) in [5.74, 6) is 0. The monoisotopic (exact) mass is 304 g/mol. The van der Waals surface area contributed by atoms with Gasteiger partial charge < -0.3 is 0 Å². The van der Waals surface area contributed by atoms with Crippen LogP contribution in [0.5, 0.6) is 0 Å². The molecule has 0 aliphatic heterocycles. The average Bonchev–Trinajstić information content (AvgIpc) is 2.31. The van der Waals surface area contributed by atoms with Gasteiger partial charge in [-0.25, -0.2) is 9.97 Å². The topological polar surface area (TPSA) is 25.8 Å². The Labute approximate surface area is 118 Å². The Bertz CT molecular complexity index is 534. The summed E-state index contributed by atoms with van der Waals surface area (Å²) in [6.07, 6.45) is 1.62. The molecule has 0 radical (unpaired) electrons. The molecule has 1 aromatic heterocycles. The van der Waals surface area contributed by atoms with Gasteiger partial charge in [0, 0.05) is 16.7 Å². The van der Waals surface area contributed by atoms with Gasteiger partial charge in [-0.1, -0.05) is 29.8 Å². The van der Waals surface area contributed by atoms with Crippen LogP contribution >= 0.6 is 46.6 Å². The second-order valence-corrected chi connectivity index (χ2v) is 5.39. The molecule has 2 aromatic rings. The van der Waals surface area contributed by atoms with Gasteiger partial charge >= 0.3 is 0 Å². The lowest BCUT2D eigenvalue weighted by atomic mass is 10.1. The molecule has 2 rings (SSSR count). The van der Waals surface area contributed by atoms with Gasteiger partial charge in [0.1, 0.15) is 5.15 Å². The molecule has 2 nitrogen and oxygen atoms in total. The SMILES string of the molecule is ClCSc1ccccc1-c1cnc(Cl)nc1Cl. The summed E-state index contributed by atoms with van der Waals surface area (Å²) in [5.41, 5.74) is 1.71. The molecule has 0 amide bonds. The van der Waals surface area contributed by atoms with Crippen LogP contribution in [0.1, 0.15) is 0 Å². The molecule has 0 unspecified atom stereocenters. The minimum atomic E-state index is 0.140. The zero-order valence-corrected chi connectivity index (χ0v) is 11.6. The smallest absolute Gasteiger partial charge is 0.223 e. The van der Waals surface area contributed by atoms with Crippen LogP contribution in [0.3, 0.4) is 0 Å². The minimum Gasteiger partial charge on any atom is -0.226 e. The molecule has 0 aliphatic rings. The molecule has 0 saturated heterocycles. The molecule has 0 atom stereocenters. The molecule has 1 aromatic carbocycles. The van der Waals surface area contributed by atoms with Crippen molar-refractivity contribution in [1.82, 2.24) is 9.97 Å². The summed E-state index contributed by atoms with van der Waals surface area (Å²) in [6.45, 7) is 0. The van der Waals surface area contributed by atoms with Gasteiger partial charge in [0.25, 0.3) is 0 Å². The van der Waals surface area contributed by atoms with Gasteiger partial charge in [-0.05, 0) is 23.2 Å². The zero-order valence-electron chi connectivity index (χ0n) is 8.53. The molecule has 1 heterocycles. The maximum atomic E-state index is 6.06. The number of benzene rings is 1. The number of hydrogen-bond donors (Lipinski definition) is 0. The van der Waals surface area contributed by atoms with Crippen LogP contribution in [0.2, 0.25) is 10.4 Å². The van der Waals surface area contributed by atoms with E-state index < -0.39 is 0 Å². The highest BCUT2D eigenvalue weighted by atomic mass is 35.5. The van der Waals surface area contributed by atoms with Crippen molar-refractivity contribution in [2.75, 3.05) is 5.21 Å². The first-order valence-electron chi connectivity index (χ1n) is 4.68. The van der Waals surface area contributed by atoms with Crippen LogP contribution < -0.4 is 0 Å². The number of aromatic nitrogens is 2. The van der Waals surface area contributed by atoms with E-state index in [4.69, 9.17) is 34.8 Å². The predicted octanol–water partition coefficient (Wildman–Crippen LogP) is 4.74. The van der Waals surface area contributed by atoms with Crippen LogP contribution in [-0.2, 0) is 0 Å². The van der Waals surface area contributed by atoms with Crippen molar-refractivity contribution < 1.29 is 0 Å². The quantitative estimate of drug-likeness (QED) is 0.354. The summed E-state index contributed by atoms with van der Waals surface area (Å²) in [5, 5.41) is 0.956. The van der Waals surface area contributed by atoms with E-state index in [0.717, 1.165) is 16.0 Å². The number of thioether (sulfide) groups is 1. The summed E-state index contributed by atoms with van der Waals surface area (Å²) in [6, 6.07) is 7.81. The Kier molecular flexibility index (Phi) is 4.51. The first-order valence-corrected chi connectivity index (χ1v) is 6.96. The minimum absolute atomic E-state index is 0.140. The summed E-state index contributed by atoms with van der Waals surface area (Å²) in [4.78, 5) is 8.91. The van der Waals surface area contributed by atoms with Gasteiger partial charge in [0.15, 0.2) is 0 Å². The lowest BCUT2D eigenvalue weighted by Gasteiger charge is -2.08. The van der Waals surface area contributed by atoms with Crippen LogP contribution in [0.4, 0.5) is 0 Å². The van der Waals surface area contributed by atoms with Gasteiger partial charge in [0.2, 0.25) is 5.28 Å². The maximum absolute atomic E-state index is 6.06. The van der Waals surface area contributed by atoms with Crippen LogP contribution in [0.25, 0.3) is 11.1 Å². The highest BCUT2D eigenvalue weighted by Crippen LogP contribution is 2.34. The molecule has 0 fully saturated rings. The van der Waals surface area contributed by atoms with Crippen molar-refractivity contribution in [3.05, 3.63) is 40.9 Å². The average molecular weight is 306 g/mol. The molecule has 6 heteroatoms. The van der Waals surface area contributed by atoms with Gasteiger partial charge in [0.05, 0.1) is 5.21 Å². The fourth-order valence-electron chi connectivity index (χ4n) is 1.40. The van der Waals surface area contributed by atoms with E-state index in [9.17, 15) is 0 Å². The number of nitrogens with zero attached hydrogens (tertiary/aromatic N) is 2. The van der Waals surface area contributed by atoms with Crippen molar-refractivity contribution in [2.45, 2.75) is 4.90 Å². The second-order valence-electron chi connectivity index (χ2n) is 3.09. The largest absolute Gasteiger partial charge is 0.226 e. The van der Waals surface area contributed by atoms with Gasteiger partial charge in [-0.15, -0.1) is 23.4 Å². The number of rotatable bonds is 3. The Morgan fingerprint density at radius 1 is 1.12 bits per heavy atom. The molecular weight excluding hydrogens is 299 g/mol. The fourth-order valence-corrected chi connectivity index (χ4v) is 2.78. The molecule has 17 heavy (non-hydrogen) atoms. The predicted molar refractivity (Wildman–Crippen MR) is 74.1 cm³/mol. The Balaban J connectivity index is 2.52. The second kappa shape index (κ2) is 5.91. The molecular formula is C11H7Cl3N2S. The fraction of sp³-hybridized carbons (Fsp3) is 0.0909. The summed E-state index contributed by atoms with van der Waals surface area (Å²) < 4.78 is 0. The van der Waals surface area contributed by atoms with E-state index in [-0.39, 0.29) is 5.28 Å². The molecule has 0 N–H and O–H groups in total. The summed E-state index contributed by atoms with van der Waals surface area (Å²) >= 11 is 19.0. The molecule has 0 spiro atoms. The third kappa shape index (κ3) is 3.05. The van der Waals surface area contributed by atoms with E-state index in [2.05, 4.69) is 9.97 Å². The number of halogens is 3. The van der Waals surface area contributed by atoms with E-state index in [1.165, 1.54) is 11.8 Å². The van der Waals surface area contributed by atoms with E-state index in [0.29, 0.717) is 10.4 Å². The standard InChI is InChI=1S/C11H7Cl3N2S/c12-6-17-9-4-2-1-3-7(9)8-5-15-11(14)16-10(8)13/h1-5H,6H2. The van der Waals surface area contributed by atoms with E-state index >= 15 is 0 Å². The van der Waals surface area contributed by atoms with Crippen LogP contribution in [0, 0.1) is 0 Å². The van der Waals surface area contributed by atoms with Crippen molar-refractivity contribution in [3.63, 3.8) is 0 Å². The Hall–Kier alpha value is -0.480. The van der Waals surface area contributed by atoms with Crippen molar-refractivity contribution in [2.24, 2.45) is 0 Å². The zero-order chi connectivity index (χ0) is 12.3. The number of alkyl halides is 1. The highest BCUT2D eigenvalue weighted by Gasteiger charge is 2.10. The maximum Gasteiger partial charge on any atom is 0.223 e. The van der Waals surface area contributed by atoms with Crippen LogP contribution in [-0.4, -0.2) is 15.2 Å². The molecule has 0 aliphatic carbocycles. The Morgan fingerprint density at radius 3 is 2.59 bits per heavy atom. The normalized spacial score (nSPS) is 10.5. The van der Waals surface area contributed by atoms with Gasteiger partial charge in [-0.3, -0.25) is 0 Å². The van der Waals surface area contributed by atoms with Crippen molar-refractivity contribution in [3.8, 4) is 11.1 Å². The lowest BCUT2D eigenvalue weighted by molar-refractivity contribution is 1.17. The molecule has 0 bridgehead atoms. The van der Waals surface area contributed by atoms with Crippen molar-refractivity contribution >= 4 is 46.6 Å². The Morgan fingerprint density at radius 2 is 1.88 bits per heavy atom. The first-order chi connectivity index (χ1) is 8.22. The molecule has 88 valence electrons. The third-order valence-corrected chi connectivity index (χ3v) is 3.67. The van der Waals surface area contributed by atoms with E-state index in [1.54, 1.807) is 6.20 Å². The highest BCUT2D eigenvalue weighted by molar-refractivity contribution is 8.00. The van der Waals surface area contributed by atoms with Crippen molar-refractivity contribution in [1.29, 1.82) is 0 Å². The van der Waals surface area contributed by atoms with Gasteiger partial charge in [-0.2, -0.15) is 0 Å². The van der Waals surface area contributed by atoms with E-state index in [1.807, 2.05) is 24.3 Å².